The Hall–Kier alpha value is -3.06. The van der Waals surface area contributed by atoms with Crippen LogP contribution in [-0.2, 0) is 0 Å². The third-order valence-electron chi connectivity index (χ3n) is 5.26. The van der Waals surface area contributed by atoms with Gasteiger partial charge in [0.25, 0.3) is 0 Å². The quantitative estimate of drug-likeness (QED) is 0.276. The van der Waals surface area contributed by atoms with Gasteiger partial charge in [-0.2, -0.15) is 0 Å². The summed E-state index contributed by atoms with van der Waals surface area (Å²) in [5, 5.41) is 5.16. The molecule has 0 aliphatic heterocycles. The first-order valence-corrected chi connectivity index (χ1v) is 9.73. The molecule has 0 heterocycles. The summed E-state index contributed by atoms with van der Waals surface area (Å²) < 4.78 is 0. The van der Waals surface area contributed by atoms with Gasteiger partial charge in [-0.15, -0.1) is 0 Å². The predicted octanol–water partition coefficient (Wildman–Crippen LogP) is 7.01. The highest BCUT2D eigenvalue weighted by Gasteiger charge is 2.02. The predicted molar refractivity (Wildman–Crippen MR) is 120 cm³/mol. The van der Waals surface area contributed by atoms with E-state index in [-0.39, 0.29) is 0 Å². The molecule has 1 heteroatoms. The number of hydrogen-bond acceptors (Lipinski definition) is 1. The summed E-state index contributed by atoms with van der Waals surface area (Å²) in [7, 11) is 0. The Morgan fingerprint density at radius 3 is 2.04 bits per heavy atom. The molecule has 0 fully saturated rings. The smallest absolute Gasteiger partial charge is 0.0366 e. The minimum absolute atomic E-state index is 1.04. The summed E-state index contributed by atoms with van der Waals surface area (Å²) >= 11 is 0. The lowest BCUT2D eigenvalue weighted by molar-refractivity contribution is 0.866. The summed E-state index contributed by atoms with van der Waals surface area (Å²) in [4.78, 5) is 2.36. The minimum atomic E-state index is 1.04. The fraction of sp³-hybridized carbons (Fsp3) is 0.154. The van der Waals surface area contributed by atoms with Crippen LogP contribution in [0.2, 0.25) is 0 Å². The van der Waals surface area contributed by atoms with Crippen LogP contribution in [0.3, 0.4) is 0 Å². The van der Waals surface area contributed by atoms with Crippen LogP contribution in [0, 0.1) is 0 Å². The summed E-state index contributed by atoms with van der Waals surface area (Å²) in [5.41, 5.74) is 3.77. The molecule has 0 unspecified atom stereocenters. The Balaban J connectivity index is 1.67. The molecule has 27 heavy (non-hydrogen) atoms. The van der Waals surface area contributed by atoms with Gasteiger partial charge in [-0.05, 0) is 70.8 Å². The van der Waals surface area contributed by atoms with Crippen LogP contribution in [0.15, 0.2) is 78.9 Å². The van der Waals surface area contributed by atoms with Gasteiger partial charge in [0, 0.05) is 18.8 Å². The Morgan fingerprint density at radius 1 is 0.667 bits per heavy atom. The summed E-state index contributed by atoms with van der Waals surface area (Å²) in [5.74, 6) is 0. The van der Waals surface area contributed by atoms with Crippen molar-refractivity contribution in [3.63, 3.8) is 0 Å². The zero-order chi connectivity index (χ0) is 18.6. The summed E-state index contributed by atoms with van der Waals surface area (Å²) in [6.07, 6.45) is 4.43. The number of hydrogen-bond donors (Lipinski definition) is 0. The molecular formula is C26H25N. The van der Waals surface area contributed by atoms with Crippen molar-refractivity contribution in [3.05, 3.63) is 90.0 Å². The van der Waals surface area contributed by atoms with Crippen molar-refractivity contribution in [2.24, 2.45) is 0 Å². The Labute approximate surface area is 161 Å². The maximum Gasteiger partial charge on any atom is 0.0366 e. The third kappa shape index (κ3) is 3.59. The normalized spacial score (nSPS) is 11.5. The van der Waals surface area contributed by atoms with E-state index >= 15 is 0 Å². The first-order valence-electron chi connectivity index (χ1n) is 9.73. The van der Waals surface area contributed by atoms with Gasteiger partial charge < -0.3 is 4.90 Å². The summed E-state index contributed by atoms with van der Waals surface area (Å²) in [6.45, 7) is 6.47. The number of rotatable bonds is 5. The number of nitrogens with zero attached hydrogens (tertiary/aromatic N) is 1. The molecule has 0 amide bonds. The molecule has 0 saturated heterocycles. The van der Waals surface area contributed by atoms with Gasteiger partial charge in [-0.3, -0.25) is 0 Å². The molecule has 0 saturated carbocycles. The van der Waals surface area contributed by atoms with Crippen LogP contribution in [0.4, 0.5) is 5.69 Å². The topological polar surface area (TPSA) is 3.24 Å². The van der Waals surface area contributed by atoms with Crippen LogP contribution < -0.4 is 4.90 Å². The maximum absolute atomic E-state index is 2.36. The van der Waals surface area contributed by atoms with Crippen molar-refractivity contribution < 1.29 is 0 Å². The highest BCUT2D eigenvalue weighted by atomic mass is 15.1. The van der Waals surface area contributed by atoms with E-state index in [1.54, 1.807) is 0 Å². The van der Waals surface area contributed by atoms with E-state index in [9.17, 15) is 0 Å². The zero-order valence-electron chi connectivity index (χ0n) is 16.0. The third-order valence-corrected chi connectivity index (χ3v) is 5.26. The van der Waals surface area contributed by atoms with Gasteiger partial charge >= 0.3 is 0 Å². The first kappa shape index (κ1) is 17.4. The van der Waals surface area contributed by atoms with E-state index in [0.29, 0.717) is 0 Å². The van der Waals surface area contributed by atoms with E-state index in [0.717, 1.165) is 13.1 Å². The van der Waals surface area contributed by atoms with Gasteiger partial charge in [0.15, 0.2) is 0 Å². The molecular weight excluding hydrogens is 326 g/mol. The lowest BCUT2D eigenvalue weighted by Gasteiger charge is -2.20. The van der Waals surface area contributed by atoms with Crippen molar-refractivity contribution in [2.45, 2.75) is 13.8 Å². The van der Waals surface area contributed by atoms with Gasteiger partial charge in [0.1, 0.15) is 0 Å². The number of anilines is 1. The molecule has 0 radical (unpaired) electrons. The van der Waals surface area contributed by atoms with Crippen LogP contribution in [0.1, 0.15) is 25.0 Å². The molecule has 4 aromatic carbocycles. The number of fused-ring (bicyclic) bond motifs is 2. The van der Waals surface area contributed by atoms with E-state index in [4.69, 9.17) is 0 Å². The van der Waals surface area contributed by atoms with Gasteiger partial charge in [-0.25, -0.2) is 0 Å². The highest BCUT2D eigenvalue weighted by molar-refractivity contribution is 6.02. The van der Waals surface area contributed by atoms with Crippen molar-refractivity contribution in [2.75, 3.05) is 18.0 Å². The van der Waals surface area contributed by atoms with Crippen LogP contribution in [-0.4, -0.2) is 13.1 Å². The molecule has 0 N–H and O–H groups in total. The lowest BCUT2D eigenvalue weighted by Crippen LogP contribution is -2.21. The average Bonchev–Trinajstić information content (AvgIpc) is 2.72. The van der Waals surface area contributed by atoms with Crippen LogP contribution >= 0.6 is 0 Å². The average molecular weight is 351 g/mol. The van der Waals surface area contributed by atoms with Crippen molar-refractivity contribution in [1.82, 2.24) is 0 Å². The van der Waals surface area contributed by atoms with Gasteiger partial charge in [-0.1, -0.05) is 66.7 Å². The SMILES string of the molecule is CCN(CC)c1ccc(C=Cc2cccc3cc4ccccc4cc23)cc1. The first-order chi connectivity index (χ1) is 13.3. The van der Waals surface area contributed by atoms with E-state index in [1.807, 2.05) is 0 Å². The monoisotopic (exact) mass is 351 g/mol. The molecule has 0 atom stereocenters. The Morgan fingerprint density at radius 2 is 1.33 bits per heavy atom. The fourth-order valence-electron chi connectivity index (χ4n) is 3.71. The zero-order valence-corrected chi connectivity index (χ0v) is 16.0. The summed E-state index contributed by atoms with van der Waals surface area (Å²) in [6, 6.07) is 28.5. The molecule has 4 rings (SSSR count). The number of benzene rings is 4. The van der Waals surface area contributed by atoms with E-state index in [2.05, 4.69) is 110 Å². The van der Waals surface area contributed by atoms with Crippen molar-refractivity contribution in [1.29, 1.82) is 0 Å². The second-order valence-corrected chi connectivity index (χ2v) is 6.86. The molecule has 0 spiro atoms. The second-order valence-electron chi connectivity index (χ2n) is 6.86. The fourth-order valence-corrected chi connectivity index (χ4v) is 3.71. The van der Waals surface area contributed by atoms with Crippen molar-refractivity contribution in [3.8, 4) is 0 Å². The largest absolute Gasteiger partial charge is 0.372 e. The highest BCUT2D eigenvalue weighted by Crippen LogP contribution is 2.27. The molecule has 134 valence electrons. The lowest BCUT2D eigenvalue weighted by atomic mass is 9.99. The Kier molecular flexibility index (Phi) is 4.93. The van der Waals surface area contributed by atoms with Crippen LogP contribution in [0.25, 0.3) is 33.7 Å². The molecule has 0 aliphatic rings. The van der Waals surface area contributed by atoms with Gasteiger partial charge in [0.2, 0.25) is 0 Å². The van der Waals surface area contributed by atoms with Crippen LogP contribution in [0.5, 0.6) is 0 Å². The molecule has 0 aromatic heterocycles. The molecule has 1 nitrogen and oxygen atoms in total. The minimum Gasteiger partial charge on any atom is -0.372 e. The molecule has 4 aromatic rings. The standard InChI is InChI=1S/C26H25N/c1-3-27(4-2)25-16-13-20(14-17-25)12-15-21-10-7-11-24-18-22-8-5-6-9-23(22)19-26(21)24/h5-19H,3-4H2,1-2H3. The molecule has 0 aliphatic carbocycles. The van der Waals surface area contributed by atoms with E-state index < -0.39 is 0 Å². The molecule has 0 bridgehead atoms. The Bertz CT molecular complexity index is 1090. The van der Waals surface area contributed by atoms with Gasteiger partial charge in [0.05, 0.1) is 0 Å². The second kappa shape index (κ2) is 7.67. The van der Waals surface area contributed by atoms with E-state index in [1.165, 1.54) is 38.4 Å². The van der Waals surface area contributed by atoms with Crippen molar-refractivity contribution >= 4 is 39.4 Å². The maximum atomic E-state index is 2.36.